The molecule has 0 aromatic heterocycles. The van der Waals surface area contributed by atoms with Gasteiger partial charge in [0.25, 0.3) is 0 Å². The maximum atomic E-state index is 11.8. The van der Waals surface area contributed by atoms with Gasteiger partial charge < -0.3 is 45.6 Å². The number of aliphatic carboxylic acids is 2. The van der Waals surface area contributed by atoms with E-state index >= 15 is 0 Å². The van der Waals surface area contributed by atoms with Gasteiger partial charge in [0.05, 0.1) is 5.56 Å². The van der Waals surface area contributed by atoms with Crippen LogP contribution in [-0.4, -0.2) is 83.2 Å². The second-order valence-corrected chi connectivity index (χ2v) is 4.79. The fourth-order valence-corrected chi connectivity index (χ4v) is 1.68. The van der Waals surface area contributed by atoms with E-state index < -0.39 is 65.1 Å². The van der Waals surface area contributed by atoms with Crippen LogP contribution in [0.4, 0.5) is 0 Å². The molecule has 1 rings (SSSR count). The maximum Gasteiger partial charge on any atom is 0.347 e. The van der Waals surface area contributed by atoms with Crippen LogP contribution in [0.2, 0.25) is 0 Å². The molecule has 8 N–H and O–H groups in total. The lowest BCUT2D eigenvalue weighted by Gasteiger charge is -2.25. The number of hydrogen-bond acceptors (Lipinski definition) is 10. The van der Waals surface area contributed by atoms with Crippen molar-refractivity contribution in [1.29, 1.82) is 0 Å². The lowest BCUT2D eigenvalue weighted by molar-refractivity contribution is -0.173. The Bertz CT molecular complexity index is 661. The highest BCUT2D eigenvalue weighted by Crippen LogP contribution is 2.35. The summed E-state index contributed by atoms with van der Waals surface area (Å²) < 4.78 is 4.40. The molecule has 0 bridgehead atoms. The molecule has 1 aromatic rings. The molecule has 0 aliphatic heterocycles. The summed E-state index contributed by atoms with van der Waals surface area (Å²) in [6.45, 7) is 0. The number of aliphatic hydroxyl groups is 3. The molecule has 0 unspecified atom stereocenters. The van der Waals surface area contributed by atoms with E-state index in [0.717, 1.165) is 0 Å². The number of carboxylic acid groups (broad SMARTS) is 2. The van der Waals surface area contributed by atoms with E-state index in [1.165, 1.54) is 0 Å². The first-order chi connectivity index (χ1) is 11.5. The Labute approximate surface area is 138 Å². The quantitative estimate of drug-likeness (QED) is 0.187. The summed E-state index contributed by atoms with van der Waals surface area (Å²) >= 11 is 0. The molecule has 25 heavy (non-hydrogen) atoms. The molecule has 12 nitrogen and oxygen atoms in total. The second-order valence-electron chi connectivity index (χ2n) is 4.79. The Morgan fingerprint density at radius 2 is 1.32 bits per heavy atom. The molecule has 0 amide bonds. The number of hydrogen-bond donors (Lipinski definition) is 8. The normalized spacial score (nSPS) is 15.6. The van der Waals surface area contributed by atoms with Gasteiger partial charge >= 0.3 is 17.9 Å². The molecule has 0 fully saturated rings. The Balaban J connectivity index is 3.04. The van der Waals surface area contributed by atoms with Crippen molar-refractivity contribution in [3.8, 4) is 17.2 Å². The molecule has 0 heterocycles. The lowest BCUT2D eigenvalue weighted by Crippen LogP contribution is -2.51. The lowest BCUT2D eigenvalue weighted by atomic mass is 10.0. The van der Waals surface area contributed by atoms with Gasteiger partial charge in [-0.3, -0.25) is 0 Å². The summed E-state index contributed by atoms with van der Waals surface area (Å²) in [4.78, 5) is 33.5. The molecule has 12 heteroatoms. The van der Waals surface area contributed by atoms with Crippen molar-refractivity contribution in [2.24, 2.45) is 0 Å². The van der Waals surface area contributed by atoms with E-state index in [9.17, 15) is 34.8 Å². The number of aromatic hydroxyl groups is 3. The SMILES string of the molecule is O=C(O[C@@H](C(=O)O)[C@H](O)[C@H](O)[C@@H](O)C(=O)O)c1cc(O)c(O)c(O)c1. The molecule has 1 aromatic carbocycles. The Morgan fingerprint density at radius 3 is 1.72 bits per heavy atom. The average molecular weight is 362 g/mol. The number of phenolic OH excluding ortho intramolecular Hbond substituents is 3. The molecule has 0 saturated carbocycles. The predicted molar refractivity (Wildman–Crippen MR) is 73.9 cm³/mol. The average Bonchev–Trinajstić information content (AvgIpc) is 2.54. The van der Waals surface area contributed by atoms with Gasteiger partial charge in [0, 0.05) is 0 Å². The zero-order valence-electron chi connectivity index (χ0n) is 12.2. The highest BCUT2D eigenvalue weighted by atomic mass is 16.6. The van der Waals surface area contributed by atoms with Crippen molar-refractivity contribution < 1.29 is 60.0 Å². The minimum atomic E-state index is -2.56. The molecule has 0 radical (unpaired) electrons. The van der Waals surface area contributed by atoms with E-state index in [-0.39, 0.29) is 0 Å². The fraction of sp³-hybridized carbons (Fsp3) is 0.308. The minimum absolute atomic E-state index is 0.616. The van der Waals surface area contributed by atoms with Crippen LogP contribution in [0.5, 0.6) is 17.2 Å². The van der Waals surface area contributed by atoms with Crippen LogP contribution in [0.3, 0.4) is 0 Å². The van der Waals surface area contributed by atoms with E-state index in [1.807, 2.05) is 0 Å². The zero-order chi connectivity index (χ0) is 19.5. The summed E-state index contributed by atoms with van der Waals surface area (Å²) in [6.07, 6.45) is -10.1. The van der Waals surface area contributed by atoms with Gasteiger partial charge in [0.2, 0.25) is 6.10 Å². The number of esters is 1. The van der Waals surface area contributed by atoms with E-state index in [1.54, 1.807) is 0 Å². The Kier molecular flexibility index (Phi) is 6.11. The van der Waals surface area contributed by atoms with Crippen LogP contribution in [0.25, 0.3) is 0 Å². The summed E-state index contributed by atoms with van der Waals surface area (Å²) in [7, 11) is 0. The van der Waals surface area contributed by atoms with Crippen molar-refractivity contribution >= 4 is 17.9 Å². The summed E-state index contributed by atoms with van der Waals surface area (Å²) in [6, 6.07) is 1.23. The maximum absolute atomic E-state index is 11.8. The molecule has 0 aliphatic rings. The number of ether oxygens (including phenoxy) is 1. The minimum Gasteiger partial charge on any atom is -0.504 e. The summed E-state index contributed by atoms with van der Waals surface area (Å²) in [5.74, 6) is -8.26. The van der Waals surface area contributed by atoms with Gasteiger partial charge in [0.1, 0.15) is 12.2 Å². The summed E-state index contributed by atoms with van der Waals surface area (Å²) in [5.41, 5.74) is -0.625. The molecular weight excluding hydrogens is 348 g/mol. The molecule has 0 spiro atoms. The van der Waals surface area contributed by atoms with Crippen molar-refractivity contribution in [3.63, 3.8) is 0 Å². The van der Waals surface area contributed by atoms with Crippen LogP contribution in [-0.2, 0) is 14.3 Å². The third-order valence-electron chi connectivity index (χ3n) is 3.02. The smallest absolute Gasteiger partial charge is 0.347 e. The number of carbonyl (C=O) groups excluding carboxylic acids is 1. The zero-order valence-corrected chi connectivity index (χ0v) is 12.2. The van der Waals surface area contributed by atoms with Gasteiger partial charge in [-0.1, -0.05) is 0 Å². The van der Waals surface area contributed by atoms with Gasteiger partial charge in [-0.25, -0.2) is 14.4 Å². The van der Waals surface area contributed by atoms with Crippen LogP contribution >= 0.6 is 0 Å². The monoisotopic (exact) mass is 362 g/mol. The first-order valence-corrected chi connectivity index (χ1v) is 6.43. The number of carbonyl (C=O) groups is 3. The standard InChI is InChI=1S/C13H14O12/c14-4-1-3(2-5(15)6(4)16)13(24)25-10(12(22)23)8(18)7(17)9(19)11(20)21/h1-2,7-10,14-19H,(H,20,21)(H,22,23)/t7-,8+,9+,10+/m0/s1. The second kappa shape index (κ2) is 7.65. The van der Waals surface area contributed by atoms with E-state index in [4.69, 9.17) is 20.4 Å². The van der Waals surface area contributed by atoms with Crippen LogP contribution in [0.15, 0.2) is 12.1 Å². The van der Waals surface area contributed by atoms with Crippen molar-refractivity contribution in [2.45, 2.75) is 24.4 Å². The molecular formula is C13H14O12. The number of rotatable bonds is 7. The third-order valence-corrected chi connectivity index (χ3v) is 3.02. The van der Waals surface area contributed by atoms with Crippen molar-refractivity contribution in [2.75, 3.05) is 0 Å². The number of carboxylic acids is 2. The third kappa shape index (κ3) is 4.47. The van der Waals surface area contributed by atoms with Crippen molar-refractivity contribution in [1.82, 2.24) is 0 Å². The molecule has 0 aliphatic carbocycles. The van der Waals surface area contributed by atoms with Crippen LogP contribution < -0.4 is 0 Å². The Morgan fingerprint density at radius 1 is 0.840 bits per heavy atom. The number of benzene rings is 1. The molecule has 0 saturated heterocycles. The predicted octanol–water partition coefficient (Wildman–Crippen LogP) is -2.42. The highest BCUT2D eigenvalue weighted by Gasteiger charge is 2.41. The first-order valence-electron chi connectivity index (χ1n) is 6.43. The number of phenols is 3. The van der Waals surface area contributed by atoms with E-state index in [2.05, 4.69) is 4.74 Å². The topological polar surface area (TPSA) is 222 Å². The van der Waals surface area contributed by atoms with E-state index in [0.29, 0.717) is 12.1 Å². The largest absolute Gasteiger partial charge is 0.504 e. The highest BCUT2D eigenvalue weighted by molar-refractivity contribution is 5.92. The molecule has 4 atom stereocenters. The van der Waals surface area contributed by atoms with Crippen LogP contribution in [0, 0.1) is 0 Å². The Hall–Kier alpha value is -3.09. The molecule has 138 valence electrons. The van der Waals surface area contributed by atoms with Gasteiger partial charge in [0.15, 0.2) is 23.4 Å². The van der Waals surface area contributed by atoms with Gasteiger partial charge in [-0.2, -0.15) is 0 Å². The van der Waals surface area contributed by atoms with Gasteiger partial charge in [-0.15, -0.1) is 0 Å². The number of aliphatic hydroxyl groups excluding tert-OH is 3. The van der Waals surface area contributed by atoms with Crippen molar-refractivity contribution in [3.05, 3.63) is 17.7 Å². The first kappa shape index (κ1) is 20.0. The van der Waals surface area contributed by atoms with Crippen LogP contribution in [0.1, 0.15) is 10.4 Å². The summed E-state index contributed by atoms with van der Waals surface area (Å²) in [5, 5.41) is 73.4. The van der Waals surface area contributed by atoms with Gasteiger partial charge in [-0.05, 0) is 12.1 Å². The fourth-order valence-electron chi connectivity index (χ4n) is 1.68.